The molecule has 1 N–H and O–H groups in total. The molecule has 1 unspecified atom stereocenters. The fourth-order valence-electron chi connectivity index (χ4n) is 1.49. The second-order valence-corrected chi connectivity index (χ2v) is 6.22. The zero-order chi connectivity index (χ0) is 11.0. The SMILES string of the molecule is CC(C)(C)C1=CNC(C(C)(C)C)C=C1. The molecule has 1 rings (SSSR count). The monoisotopic (exact) mass is 193 g/mol. The van der Waals surface area contributed by atoms with Crippen molar-refractivity contribution < 1.29 is 0 Å². The third-order valence-corrected chi connectivity index (χ3v) is 2.69. The first-order chi connectivity index (χ1) is 6.21. The van der Waals surface area contributed by atoms with Crippen molar-refractivity contribution >= 4 is 0 Å². The third-order valence-electron chi connectivity index (χ3n) is 2.69. The Kier molecular flexibility index (Phi) is 2.80. The molecule has 0 saturated heterocycles. The van der Waals surface area contributed by atoms with Gasteiger partial charge in [0.1, 0.15) is 0 Å². The van der Waals surface area contributed by atoms with Crippen molar-refractivity contribution in [3.63, 3.8) is 0 Å². The molecule has 0 bridgehead atoms. The molecule has 1 nitrogen and oxygen atoms in total. The van der Waals surface area contributed by atoms with Crippen LogP contribution >= 0.6 is 0 Å². The summed E-state index contributed by atoms with van der Waals surface area (Å²) in [6.45, 7) is 13.5. The Morgan fingerprint density at radius 1 is 1.07 bits per heavy atom. The van der Waals surface area contributed by atoms with Gasteiger partial charge in [0, 0.05) is 12.2 Å². The topological polar surface area (TPSA) is 12.0 Å². The molecular formula is C13H23N. The average molecular weight is 193 g/mol. The molecular weight excluding hydrogens is 170 g/mol. The summed E-state index contributed by atoms with van der Waals surface area (Å²) < 4.78 is 0. The third kappa shape index (κ3) is 2.63. The molecule has 80 valence electrons. The molecule has 14 heavy (non-hydrogen) atoms. The maximum absolute atomic E-state index is 3.47. The summed E-state index contributed by atoms with van der Waals surface area (Å²) in [6.07, 6.45) is 6.70. The lowest BCUT2D eigenvalue weighted by molar-refractivity contribution is 0.330. The van der Waals surface area contributed by atoms with Crippen LogP contribution in [0.1, 0.15) is 41.5 Å². The molecule has 1 heteroatoms. The molecule has 0 fully saturated rings. The molecule has 0 radical (unpaired) electrons. The summed E-state index contributed by atoms with van der Waals surface area (Å²) in [5.41, 5.74) is 1.90. The van der Waals surface area contributed by atoms with Gasteiger partial charge in [-0.25, -0.2) is 0 Å². The second kappa shape index (κ2) is 3.45. The van der Waals surface area contributed by atoms with Crippen LogP contribution in [0.5, 0.6) is 0 Å². The van der Waals surface area contributed by atoms with Gasteiger partial charge < -0.3 is 5.32 Å². The van der Waals surface area contributed by atoms with E-state index in [0.717, 1.165) is 0 Å². The molecule has 0 aromatic carbocycles. The fourth-order valence-corrected chi connectivity index (χ4v) is 1.49. The van der Waals surface area contributed by atoms with Crippen LogP contribution in [0.2, 0.25) is 0 Å². The van der Waals surface area contributed by atoms with Gasteiger partial charge in [0.15, 0.2) is 0 Å². The lowest BCUT2D eigenvalue weighted by Crippen LogP contribution is -2.38. The van der Waals surface area contributed by atoms with Crippen LogP contribution < -0.4 is 5.32 Å². The molecule has 0 saturated carbocycles. The standard InChI is InChI=1S/C13H23N/c1-12(2,3)10-7-8-11(14-9-10)13(4,5)6/h7-9,11,14H,1-6H3. The summed E-state index contributed by atoms with van der Waals surface area (Å²) in [7, 11) is 0. The van der Waals surface area contributed by atoms with Crippen LogP contribution in [0.3, 0.4) is 0 Å². The lowest BCUT2D eigenvalue weighted by atomic mass is 9.81. The smallest absolute Gasteiger partial charge is 0.0490 e. The number of hydrogen-bond acceptors (Lipinski definition) is 1. The summed E-state index contributed by atoms with van der Waals surface area (Å²) in [4.78, 5) is 0. The van der Waals surface area contributed by atoms with E-state index in [0.29, 0.717) is 6.04 Å². The van der Waals surface area contributed by atoms with E-state index in [1.54, 1.807) is 0 Å². The van der Waals surface area contributed by atoms with E-state index in [1.165, 1.54) is 5.57 Å². The Labute approximate surface area is 88.3 Å². The Hall–Kier alpha value is -0.720. The van der Waals surface area contributed by atoms with Gasteiger partial charge in [-0.3, -0.25) is 0 Å². The molecule has 1 aliphatic heterocycles. The van der Waals surface area contributed by atoms with Crippen LogP contribution in [0.15, 0.2) is 23.9 Å². The number of dihydropyridines is 1. The first kappa shape index (κ1) is 11.4. The van der Waals surface area contributed by atoms with Gasteiger partial charge >= 0.3 is 0 Å². The normalized spacial score (nSPS) is 23.0. The first-order valence-electron chi connectivity index (χ1n) is 5.36. The summed E-state index contributed by atoms with van der Waals surface area (Å²) in [5.74, 6) is 0. The van der Waals surface area contributed by atoms with Gasteiger partial charge in [-0.1, -0.05) is 53.7 Å². The molecule has 1 aliphatic rings. The predicted molar refractivity (Wildman–Crippen MR) is 63.1 cm³/mol. The zero-order valence-electron chi connectivity index (χ0n) is 10.3. The van der Waals surface area contributed by atoms with Crippen molar-refractivity contribution in [1.29, 1.82) is 0 Å². The van der Waals surface area contributed by atoms with Gasteiger partial charge in [-0.2, -0.15) is 0 Å². The van der Waals surface area contributed by atoms with Gasteiger partial charge in [0.2, 0.25) is 0 Å². The number of rotatable bonds is 0. The Balaban J connectivity index is 2.72. The molecule has 0 aromatic rings. The molecule has 0 aromatic heterocycles. The quantitative estimate of drug-likeness (QED) is 0.621. The highest BCUT2D eigenvalue weighted by atomic mass is 14.9. The van der Waals surface area contributed by atoms with Gasteiger partial charge in [0.25, 0.3) is 0 Å². The van der Waals surface area contributed by atoms with Crippen LogP contribution in [0, 0.1) is 10.8 Å². The summed E-state index contributed by atoms with van der Waals surface area (Å²) in [5, 5.41) is 3.47. The zero-order valence-corrected chi connectivity index (χ0v) is 10.3. The van der Waals surface area contributed by atoms with Crippen molar-refractivity contribution in [2.24, 2.45) is 10.8 Å². The van der Waals surface area contributed by atoms with Crippen molar-refractivity contribution in [2.75, 3.05) is 0 Å². The predicted octanol–water partition coefficient (Wildman–Crippen LogP) is 3.49. The van der Waals surface area contributed by atoms with Crippen molar-refractivity contribution in [3.05, 3.63) is 23.9 Å². The second-order valence-electron chi connectivity index (χ2n) is 6.22. The fraction of sp³-hybridized carbons (Fsp3) is 0.692. The van der Waals surface area contributed by atoms with E-state index < -0.39 is 0 Å². The van der Waals surface area contributed by atoms with E-state index in [2.05, 4.69) is 65.2 Å². The minimum Gasteiger partial charge on any atom is -0.384 e. The van der Waals surface area contributed by atoms with Gasteiger partial charge in [0.05, 0.1) is 0 Å². The average Bonchev–Trinajstić information content (AvgIpc) is 2.01. The first-order valence-corrected chi connectivity index (χ1v) is 5.36. The molecule has 1 atom stereocenters. The number of allylic oxidation sites excluding steroid dienone is 2. The van der Waals surface area contributed by atoms with E-state index >= 15 is 0 Å². The maximum atomic E-state index is 3.47. The largest absolute Gasteiger partial charge is 0.384 e. The number of hydrogen-bond donors (Lipinski definition) is 1. The van der Waals surface area contributed by atoms with Crippen LogP contribution in [-0.4, -0.2) is 6.04 Å². The van der Waals surface area contributed by atoms with Crippen molar-refractivity contribution in [3.8, 4) is 0 Å². The molecule has 1 heterocycles. The summed E-state index contributed by atoms with van der Waals surface area (Å²) >= 11 is 0. The molecule has 0 spiro atoms. The van der Waals surface area contributed by atoms with Crippen molar-refractivity contribution in [2.45, 2.75) is 47.6 Å². The Morgan fingerprint density at radius 2 is 1.64 bits per heavy atom. The minimum atomic E-state index is 0.242. The maximum Gasteiger partial charge on any atom is 0.0490 e. The van der Waals surface area contributed by atoms with Crippen LogP contribution in [0.25, 0.3) is 0 Å². The van der Waals surface area contributed by atoms with Crippen LogP contribution in [-0.2, 0) is 0 Å². The van der Waals surface area contributed by atoms with Crippen molar-refractivity contribution in [1.82, 2.24) is 5.32 Å². The van der Waals surface area contributed by atoms with E-state index in [4.69, 9.17) is 0 Å². The minimum absolute atomic E-state index is 0.242. The molecule has 0 amide bonds. The number of nitrogens with one attached hydrogen (secondary N) is 1. The Morgan fingerprint density at radius 3 is 1.93 bits per heavy atom. The van der Waals surface area contributed by atoms with Gasteiger partial charge in [-0.15, -0.1) is 0 Å². The highest BCUT2D eigenvalue weighted by Gasteiger charge is 2.25. The summed E-state index contributed by atoms with van der Waals surface area (Å²) in [6, 6.07) is 0.452. The van der Waals surface area contributed by atoms with Crippen LogP contribution in [0.4, 0.5) is 0 Å². The van der Waals surface area contributed by atoms with E-state index in [-0.39, 0.29) is 10.8 Å². The van der Waals surface area contributed by atoms with Gasteiger partial charge in [-0.05, 0) is 16.4 Å². The highest BCUT2D eigenvalue weighted by molar-refractivity contribution is 5.29. The van der Waals surface area contributed by atoms with E-state index in [9.17, 15) is 0 Å². The Bertz CT molecular complexity index is 258. The lowest BCUT2D eigenvalue weighted by Gasteiger charge is -2.33. The molecule has 0 aliphatic carbocycles. The van der Waals surface area contributed by atoms with E-state index in [1.807, 2.05) is 0 Å². The highest BCUT2D eigenvalue weighted by Crippen LogP contribution is 2.30.